The highest BCUT2D eigenvalue weighted by atomic mass is 16.5. The van der Waals surface area contributed by atoms with Crippen LogP contribution in [0.5, 0.6) is 0 Å². The van der Waals surface area contributed by atoms with Crippen LogP contribution in [0.3, 0.4) is 0 Å². The summed E-state index contributed by atoms with van der Waals surface area (Å²) in [7, 11) is 3.62. The molecule has 0 unspecified atom stereocenters. The number of methoxy groups -OCH3 is 1. The second-order valence-electron chi connectivity index (χ2n) is 5.21. The number of nitrogens with two attached hydrogens (primary N) is 1. The van der Waals surface area contributed by atoms with Crippen LogP contribution in [-0.4, -0.2) is 37.4 Å². The summed E-state index contributed by atoms with van der Waals surface area (Å²) in [4.78, 5) is 12.8. The number of nitrogen functional groups attached to an aromatic ring is 1. The van der Waals surface area contributed by atoms with Gasteiger partial charge in [0.05, 0.1) is 22.5 Å². The van der Waals surface area contributed by atoms with Crippen molar-refractivity contribution in [2.75, 3.05) is 31.3 Å². The van der Waals surface area contributed by atoms with Gasteiger partial charge >= 0.3 is 5.97 Å². The Labute approximate surface area is 114 Å². The molecule has 0 fully saturated rings. The van der Waals surface area contributed by atoms with E-state index in [2.05, 4.69) is 0 Å². The van der Waals surface area contributed by atoms with Gasteiger partial charge in [0.15, 0.2) is 0 Å². The number of benzene rings is 1. The summed E-state index contributed by atoms with van der Waals surface area (Å²) in [5.74, 6) is -0.971. The summed E-state index contributed by atoms with van der Waals surface area (Å²) in [5.41, 5.74) is 7.21. The minimum atomic E-state index is -0.971. The fourth-order valence-electron chi connectivity index (χ4n) is 1.69. The normalized spacial score (nSPS) is 11.4. The fourth-order valence-corrected chi connectivity index (χ4v) is 1.69. The van der Waals surface area contributed by atoms with E-state index in [1.165, 1.54) is 6.07 Å². The van der Waals surface area contributed by atoms with Crippen molar-refractivity contribution < 1.29 is 14.6 Å². The van der Waals surface area contributed by atoms with Crippen molar-refractivity contribution in [2.24, 2.45) is 0 Å². The van der Waals surface area contributed by atoms with E-state index in [0.717, 1.165) is 18.7 Å². The van der Waals surface area contributed by atoms with E-state index in [0.29, 0.717) is 5.69 Å². The lowest BCUT2D eigenvalue weighted by Crippen LogP contribution is -2.30. The highest BCUT2D eigenvalue weighted by Gasteiger charge is 2.18. The number of carboxylic acids is 1. The Morgan fingerprint density at radius 1 is 1.47 bits per heavy atom. The summed E-state index contributed by atoms with van der Waals surface area (Å²) < 4.78 is 5.37. The quantitative estimate of drug-likeness (QED) is 0.772. The molecule has 0 aliphatic rings. The van der Waals surface area contributed by atoms with E-state index in [9.17, 15) is 4.79 Å². The van der Waals surface area contributed by atoms with Crippen molar-refractivity contribution in [3.63, 3.8) is 0 Å². The molecule has 0 aliphatic carbocycles. The third-order valence-electron chi connectivity index (χ3n) is 3.29. The van der Waals surface area contributed by atoms with Gasteiger partial charge in [-0.2, -0.15) is 0 Å². The van der Waals surface area contributed by atoms with Crippen LogP contribution in [0.15, 0.2) is 18.2 Å². The number of hydrogen-bond acceptors (Lipinski definition) is 4. The highest BCUT2D eigenvalue weighted by Crippen LogP contribution is 2.25. The van der Waals surface area contributed by atoms with E-state index in [1.54, 1.807) is 19.2 Å². The largest absolute Gasteiger partial charge is 0.478 e. The summed E-state index contributed by atoms with van der Waals surface area (Å²) >= 11 is 0. The lowest BCUT2D eigenvalue weighted by molar-refractivity contribution is 0.0174. The van der Waals surface area contributed by atoms with E-state index < -0.39 is 5.97 Å². The van der Waals surface area contributed by atoms with Crippen LogP contribution in [0.1, 0.15) is 30.6 Å². The zero-order valence-electron chi connectivity index (χ0n) is 11.9. The minimum Gasteiger partial charge on any atom is -0.478 e. The molecule has 0 saturated carbocycles. The number of ether oxygens (including phenoxy) is 1. The van der Waals surface area contributed by atoms with E-state index in [-0.39, 0.29) is 11.2 Å². The summed E-state index contributed by atoms with van der Waals surface area (Å²) in [6.07, 6.45) is 0.847. The first-order chi connectivity index (χ1) is 8.76. The summed E-state index contributed by atoms with van der Waals surface area (Å²) in [6.45, 7) is 4.83. The molecule has 0 atom stereocenters. The predicted molar refractivity (Wildman–Crippen MR) is 76.8 cm³/mol. The van der Waals surface area contributed by atoms with Crippen LogP contribution in [0.4, 0.5) is 11.4 Å². The second-order valence-corrected chi connectivity index (χ2v) is 5.21. The van der Waals surface area contributed by atoms with Crippen molar-refractivity contribution in [1.29, 1.82) is 0 Å². The van der Waals surface area contributed by atoms with Crippen molar-refractivity contribution in [3.8, 4) is 0 Å². The molecular formula is C14H22N2O3. The minimum absolute atomic E-state index is 0.190. The number of rotatable bonds is 6. The van der Waals surface area contributed by atoms with E-state index in [1.807, 2.05) is 25.8 Å². The van der Waals surface area contributed by atoms with Crippen LogP contribution in [0, 0.1) is 0 Å². The Balaban J connectivity index is 2.78. The summed E-state index contributed by atoms with van der Waals surface area (Å²) in [6, 6.07) is 4.78. The van der Waals surface area contributed by atoms with Gasteiger partial charge in [-0.05, 0) is 38.5 Å². The number of anilines is 2. The van der Waals surface area contributed by atoms with Crippen LogP contribution < -0.4 is 10.6 Å². The maximum atomic E-state index is 10.8. The number of nitrogens with zero attached hydrogens (tertiary/aromatic N) is 1. The molecule has 0 saturated heterocycles. The molecule has 5 nitrogen and oxygen atoms in total. The molecule has 0 amide bonds. The van der Waals surface area contributed by atoms with Gasteiger partial charge in [0.2, 0.25) is 0 Å². The third kappa shape index (κ3) is 4.13. The van der Waals surface area contributed by atoms with Gasteiger partial charge in [-0.15, -0.1) is 0 Å². The molecule has 1 aromatic rings. The zero-order chi connectivity index (χ0) is 14.6. The van der Waals surface area contributed by atoms with Crippen molar-refractivity contribution in [2.45, 2.75) is 25.9 Å². The maximum Gasteiger partial charge on any atom is 0.335 e. The van der Waals surface area contributed by atoms with Gasteiger partial charge in [0.1, 0.15) is 0 Å². The Kier molecular flexibility index (Phi) is 4.78. The molecule has 0 bridgehead atoms. The van der Waals surface area contributed by atoms with Gasteiger partial charge in [-0.3, -0.25) is 0 Å². The molecule has 106 valence electrons. The number of carbonyl (C=O) groups is 1. The van der Waals surface area contributed by atoms with Gasteiger partial charge in [-0.25, -0.2) is 4.79 Å². The van der Waals surface area contributed by atoms with Gasteiger partial charge in [0, 0.05) is 20.7 Å². The number of aromatic carboxylic acids is 1. The average molecular weight is 266 g/mol. The number of hydrogen-bond donors (Lipinski definition) is 2. The topological polar surface area (TPSA) is 75.8 Å². The average Bonchev–Trinajstić information content (AvgIpc) is 2.36. The standard InChI is InChI=1S/C14H22N2O3/c1-14(2,19-4)7-8-16(3)12-6-5-10(13(17)18)9-11(12)15/h5-6,9H,7-8,15H2,1-4H3,(H,17,18). The highest BCUT2D eigenvalue weighted by molar-refractivity contribution is 5.90. The van der Waals surface area contributed by atoms with E-state index in [4.69, 9.17) is 15.6 Å². The van der Waals surface area contributed by atoms with Crippen molar-refractivity contribution >= 4 is 17.3 Å². The summed E-state index contributed by atoms with van der Waals surface area (Å²) in [5, 5.41) is 8.90. The monoisotopic (exact) mass is 266 g/mol. The molecule has 5 heteroatoms. The van der Waals surface area contributed by atoms with Crippen LogP contribution >= 0.6 is 0 Å². The molecular weight excluding hydrogens is 244 g/mol. The molecule has 0 heterocycles. The molecule has 0 radical (unpaired) electrons. The predicted octanol–water partition coefficient (Wildman–Crippen LogP) is 2.22. The lowest BCUT2D eigenvalue weighted by Gasteiger charge is -2.28. The van der Waals surface area contributed by atoms with Crippen LogP contribution in [0.25, 0.3) is 0 Å². The first kappa shape index (κ1) is 15.3. The molecule has 19 heavy (non-hydrogen) atoms. The first-order valence-corrected chi connectivity index (χ1v) is 6.16. The molecule has 1 aromatic carbocycles. The Morgan fingerprint density at radius 3 is 2.58 bits per heavy atom. The third-order valence-corrected chi connectivity index (χ3v) is 3.29. The Hall–Kier alpha value is -1.75. The maximum absolute atomic E-state index is 10.8. The molecule has 0 spiro atoms. The van der Waals surface area contributed by atoms with Gasteiger partial charge < -0.3 is 20.5 Å². The van der Waals surface area contributed by atoms with Gasteiger partial charge in [0.25, 0.3) is 0 Å². The smallest absolute Gasteiger partial charge is 0.335 e. The fraction of sp³-hybridized carbons (Fsp3) is 0.500. The van der Waals surface area contributed by atoms with E-state index >= 15 is 0 Å². The van der Waals surface area contributed by atoms with Crippen LogP contribution in [0.2, 0.25) is 0 Å². The molecule has 1 rings (SSSR count). The van der Waals surface area contributed by atoms with Crippen LogP contribution in [-0.2, 0) is 4.74 Å². The van der Waals surface area contributed by atoms with Gasteiger partial charge in [-0.1, -0.05) is 0 Å². The Morgan fingerprint density at radius 2 is 2.11 bits per heavy atom. The first-order valence-electron chi connectivity index (χ1n) is 6.16. The zero-order valence-corrected chi connectivity index (χ0v) is 11.9. The number of carboxylic acid groups (broad SMARTS) is 1. The van der Waals surface area contributed by atoms with Crippen molar-refractivity contribution in [1.82, 2.24) is 0 Å². The molecule has 0 aromatic heterocycles. The van der Waals surface area contributed by atoms with Crippen molar-refractivity contribution in [3.05, 3.63) is 23.8 Å². The molecule has 0 aliphatic heterocycles. The Bertz CT molecular complexity index is 458. The second kappa shape index (κ2) is 5.93. The lowest BCUT2D eigenvalue weighted by atomic mass is 10.0. The SMILES string of the molecule is COC(C)(C)CCN(C)c1ccc(C(=O)O)cc1N. The molecule has 3 N–H and O–H groups in total.